The fourth-order valence-corrected chi connectivity index (χ4v) is 2.66. The van der Waals surface area contributed by atoms with Gasteiger partial charge in [-0.25, -0.2) is 0 Å². The van der Waals surface area contributed by atoms with Crippen molar-refractivity contribution in [3.63, 3.8) is 0 Å². The summed E-state index contributed by atoms with van der Waals surface area (Å²) in [6.45, 7) is 1.80. The van der Waals surface area contributed by atoms with E-state index in [1.165, 1.54) is 0 Å². The highest BCUT2D eigenvalue weighted by Crippen LogP contribution is 2.33. The molecule has 0 aliphatic carbocycles. The van der Waals surface area contributed by atoms with Crippen molar-refractivity contribution < 1.29 is 23.8 Å². The van der Waals surface area contributed by atoms with Gasteiger partial charge in [-0.15, -0.1) is 0 Å². The Morgan fingerprint density at radius 1 is 1.12 bits per heavy atom. The largest absolute Gasteiger partial charge is 0.485 e. The van der Waals surface area contributed by atoms with E-state index in [2.05, 4.69) is 10.6 Å². The lowest BCUT2D eigenvalue weighted by atomic mass is 10.2. The summed E-state index contributed by atoms with van der Waals surface area (Å²) in [5.74, 6) is 1.17. The van der Waals surface area contributed by atoms with Crippen molar-refractivity contribution in [2.24, 2.45) is 0 Å². The van der Waals surface area contributed by atoms with Gasteiger partial charge in [-0.2, -0.15) is 0 Å². The summed E-state index contributed by atoms with van der Waals surface area (Å²) < 4.78 is 16.7. The number of fused-ring (bicyclic) bond motifs is 2. The van der Waals surface area contributed by atoms with Gasteiger partial charge in [-0.05, 0) is 37.3 Å². The Hall–Kier alpha value is -3.22. The lowest BCUT2D eigenvalue weighted by Crippen LogP contribution is -2.40. The number of carbonyl (C=O) groups is 2. The summed E-state index contributed by atoms with van der Waals surface area (Å²) in [6, 6.07) is 12.3. The van der Waals surface area contributed by atoms with Gasteiger partial charge in [0.25, 0.3) is 11.8 Å². The number of amides is 2. The number of carbonyl (C=O) groups excluding carboxylic acids is 2. The fraction of sp³-hybridized carbons (Fsp3) is 0.222. The summed E-state index contributed by atoms with van der Waals surface area (Å²) in [6.07, 6.45) is -1.29. The second-order valence-corrected chi connectivity index (χ2v) is 5.81. The average molecular weight is 340 g/mol. The van der Waals surface area contributed by atoms with Gasteiger partial charge in [0.15, 0.2) is 17.6 Å². The Balaban J connectivity index is 1.47. The van der Waals surface area contributed by atoms with E-state index in [0.717, 1.165) is 0 Å². The van der Waals surface area contributed by atoms with E-state index in [1.54, 1.807) is 37.3 Å². The molecule has 2 aliphatic rings. The van der Waals surface area contributed by atoms with Gasteiger partial charge >= 0.3 is 0 Å². The zero-order valence-corrected chi connectivity index (χ0v) is 13.4. The summed E-state index contributed by atoms with van der Waals surface area (Å²) in [4.78, 5) is 24.1. The molecule has 7 nitrogen and oxygen atoms in total. The fourth-order valence-electron chi connectivity index (χ4n) is 2.66. The summed E-state index contributed by atoms with van der Waals surface area (Å²) >= 11 is 0. The molecule has 7 heteroatoms. The van der Waals surface area contributed by atoms with E-state index in [0.29, 0.717) is 28.6 Å². The standard InChI is InChI=1S/C18H16N2O5/c1-10-17(21)20-12-8-11(6-7-13(12)24-10)19-18(22)16-9-23-14-4-2-3-5-15(14)25-16/h2-8,10,16H,9H2,1H3,(H,19,22)(H,20,21). The van der Waals surface area contributed by atoms with Crippen LogP contribution in [0, 0.1) is 0 Å². The van der Waals surface area contributed by atoms with E-state index in [1.807, 2.05) is 12.1 Å². The van der Waals surface area contributed by atoms with Gasteiger partial charge in [-0.1, -0.05) is 12.1 Å². The molecule has 2 heterocycles. The van der Waals surface area contributed by atoms with Crippen molar-refractivity contribution in [2.75, 3.05) is 17.2 Å². The Morgan fingerprint density at radius 3 is 2.76 bits per heavy atom. The molecule has 128 valence electrons. The van der Waals surface area contributed by atoms with Crippen LogP contribution in [-0.2, 0) is 9.59 Å². The molecule has 0 fully saturated rings. The Labute approximate surface area is 143 Å². The third kappa shape index (κ3) is 2.96. The highest BCUT2D eigenvalue weighted by Gasteiger charge is 2.28. The first kappa shape index (κ1) is 15.3. The number of hydrogen-bond acceptors (Lipinski definition) is 5. The van der Waals surface area contributed by atoms with Crippen molar-refractivity contribution in [3.8, 4) is 17.2 Å². The molecule has 0 aromatic heterocycles. The summed E-state index contributed by atoms with van der Waals surface area (Å²) in [5.41, 5.74) is 1.05. The quantitative estimate of drug-likeness (QED) is 0.875. The number of para-hydroxylation sites is 2. The van der Waals surface area contributed by atoms with E-state index >= 15 is 0 Å². The molecule has 25 heavy (non-hydrogen) atoms. The maximum atomic E-state index is 12.4. The normalized spacial score (nSPS) is 20.8. The Morgan fingerprint density at radius 2 is 1.92 bits per heavy atom. The lowest BCUT2D eigenvalue weighted by molar-refractivity contribution is -0.125. The van der Waals surface area contributed by atoms with Crippen LogP contribution in [0.15, 0.2) is 42.5 Å². The van der Waals surface area contributed by atoms with E-state index in [4.69, 9.17) is 14.2 Å². The SMILES string of the molecule is CC1Oc2ccc(NC(=O)C3COc4ccccc4O3)cc2NC1=O. The lowest BCUT2D eigenvalue weighted by Gasteiger charge is -2.26. The van der Waals surface area contributed by atoms with Crippen LogP contribution in [0.25, 0.3) is 0 Å². The van der Waals surface area contributed by atoms with E-state index in [9.17, 15) is 9.59 Å². The molecular weight excluding hydrogens is 324 g/mol. The topological polar surface area (TPSA) is 85.9 Å². The van der Waals surface area contributed by atoms with E-state index < -0.39 is 12.2 Å². The van der Waals surface area contributed by atoms with Crippen molar-refractivity contribution in [3.05, 3.63) is 42.5 Å². The van der Waals surface area contributed by atoms with Gasteiger partial charge in [0.2, 0.25) is 6.10 Å². The van der Waals surface area contributed by atoms with Crippen molar-refractivity contribution in [1.29, 1.82) is 0 Å². The monoisotopic (exact) mass is 340 g/mol. The molecule has 0 saturated carbocycles. The van der Waals surface area contributed by atoms with Crippen LogP contribution in [0.1, 0.15) is 6.92 Å². The van der Waals surface area contributed by atoms with Gasteiger partial charge in [0.05, 0.1) is 5.69 Å². The molecule has 4 rings (SSSR count). The van der Waals surface area contributed by atoms with Gasteiger partial charge < -0.3 is 24.8 Å². The van der Waals surface area contributed by atoms with Crippen LogP contribution < -0.4 is 24.8 Å². The van der Waals surface area contributed by atoms with Crippen molar-refractivity contribution in [2.45, 2.75) is 19.1 Å². The molecule has 2 N–H and O–H groups in total. The zero-order chi connectivity index (χ0) is 17.4. The maximum absolute atomic E-state index is 12.4. The highest BCUT2D eigenvalue weighted by molar-refractivity contribution is 6.00. The molecule has 0 bridgehead atoms. The molecule has 2 unspecified atom stereocenters. The van der Waals surface area contributed by atoms with Crippen molar-refractivity contribution >= 4 is 23.2 Å². The minimum atomic E-state index is -0.753. The first-order valence-corrected chi connectivity index (χ1v) is 7.91. The molecule has 2 aliphatic heterocycles. The van der Waals surface area contributed by atoms with Crippen LogP contribution in [0.2, 0.25) is 0 Å². The average Bonchev–Trinajstić information content (AvgIpc) is 2.62. The molecule has 0 radical (unpaired) electrons. The number of nitrogens with one attached hydrogen (secondary N) is 2. The van der Waals surface area contributed by atoms with Gasteiger partial charge in [0, 0.05) is 5.69 Å². The molecule has 2 aromatic rings. The first-order valence-electron chi connectivity index (χ1n) is 7.91. The molecular formula is C18H16N2O5. The molecule has 0 saturated heterocycles. The maximum Gasteiger partial charge on any atom is 0.269 e. The minimum absolute atomic E-state index is 0.130. The second-order valence-electron chi connectivity index (χ2n) is 5.81. The third-order valence-corrected chi connectivity index (χ3v) is 3.98. The van der Waals surface area contributed by atoms with Crippen LogP contribution in [0.5, 0.6) is 17.2 Å². The summed E-state index contributed by atoms with van der Waals surface area (Å²) in [7, 11) is 0. The van der Waals surface area contributed by atoms with E-state index in [-0.39, 0.29) is 18.4 Å². The van der Waals surface area contributed by atoms with Gasteiger partial charge in [0.1, 0.15) is 12.4 Å². The number of benzene rings is 2. The number of hydrogen-bond donors (Lipinski definition) is 2. The van der Waals surface area contributed by atoms with Crippen LogP contribution in [0.4, 0.5) is 11.4 Å². The number of ether oxygens (including phenoxy) is 3. The third-order valence-electron chi connectivity index (χ3n) is 3.98. The Kier molecular flexibility index (Phi) is 3.68. The second kappa shape index (κ2) is 6.01. The summed E-state index contributed by atoms with van der Waals surface area (Å²) in [5, 5.41) is 5.51. The first-order chi connectivity index (χ1) is 12.1. The number of rotatable bonds is 2. The smallest absolute Gasteiger partial charge is 0.269 e. The molecule has 0 spiro atoms. The predicted octanol–water partition coefficient (Wildman–Crippen LogP) is 2.18. The van der Waals surface area contributed by atoms with Crippen LogP contribution in [-0.4, -0.2) is 30.6 Å². The van der Waals surface area contributed by atoms with Crippen LogP contribution in [0.3, 0.4) is 0 Å². The zero-order valence-electron chi connectivity index (χ0n) is 13.4. The molecule has 2 atom stereocenters. The predicted molar refractivity (Wildman–Crippen MR) is 90.1 cm³/mol. The molecule has 2 amide bonds. The number of anilines is 2. The van der Waals surface area contributed by atoms with Crippen LogP contribution >= 0.6 is 0 Å². The van der Waals surface area contributed by atoms with Gasteiger partial charge in [-0.3, -0.25) is 9.59 Å². The molecule has 2 aromatic carbocycles. The minimum Gasteiger partial charge on any atom is -0.485 e. The van der Waals surface area contributed by atoms with Crippen molar-refractivity contribution in [1.82, 2.24) is 0 Å². The highest BCUT2D eigenvalue weighted by atomic mass is 16.6. The Bertz CT molecular complexity index is 851.